The maximum Gasteiger partial charge on any atom is 0.0994 e. The number of rotatable bonds is 2. The molecule has 0 amide bonds. The lowest BCUT2D eigenvalue weighted by Gasteiger charge is -2.27. The topological polar surface area (TPSA) is 29.9 Å². The molecule has 17 heavy (non-hydrogen) atoms. The Morgan fingerprint density at radius 2 is 2.24 bits per heavy atom. The normalized spacial score (nSPS) is 15.9. The van der Waals surface area contributed by atoms with Crippen molar-refractivity contribution in [3.63, 3.8) is 0 Å². The molecule has 1 fully saturated rings. The molecule has 1 saturated heterocycles. The molecule has 1 aromatic heterocycles. The largest absolute Gasteiger partial charge is 0.315 e. The first kappa shape index (κ1) is 11.0. The zero-order valence-corrected chi connectivity index (χ0v) is 11.2. The Morgan fingerprint density at radius 1 is 1.41 bits per heavy atom. The summed E-state index contributed by atoms with van der Waals surface area (Å²) in [6, 6.07) is 6.41. The van der Waals surface area contributed by atoms with Crippen molar-refractivity contribution in [2.24, 2.45) is 0 Å². The highest BCUT2D eigenvalue weighted by Crippen LogP contribution is 2.25. The van der Waals surface area contributed by atoms with Crippen LogP contribution in [0.2, 0.25) is 0 Å². The molecular weight excluding hydrogens is 278 g/mol. The van der Waals surface area contributed by atoms with E-state index in [-0.39, 0.29) is 0 Å². The molecule has 2 heterocycles. The van der Waals surface area contributed by atoms with E-state index < -0.39 is 0 Å². The summed E-state index contributed by atoms with van der Waals surface area (Å²) in [4.78, 5) is 4.27. The first-order chi connectivity index (χ1) is 8.25. The minimum absolute atomic E-state index is 0.595. The van der Waals surface area contributed by atoms with Crippen LogP contribution in [0, 0.1) is 6.92 Å². The Balaban J connectivity index is 2.02. The highest BCUT2D eigenvalue weighted by molar-refractivity contribution is 9.10. The van der Waals surface area contributed by atoms with Crippen molar-refractivity contribution in [3.05, 3.63) is 46.5 Å². The predicted molar refractivity (Wildman–Crippen MR) is 71.6 cm³/mol. The van der Waals surface area contributed by atoms with Crippen LogP contribution in [0.3, 0.4) is 0 Å². The highest BCUT2D eigenvalue weighted by atomic mass is 79.9. The van der Waals surface area contributed by atoms with E-state index in [0.717, 1.165) is 17.6 Å². The van der Waals surface area contributed by atoms with Crippen LogP contribution in [-0.2, 0) is 0 Å². The van der Waals surface area contributed by atoms with Crippen molar-refractivity contribution in [2.45, 2.75) is 12.8 Å². The van der Waals surface area contributed by atoms with Gasteiger partial charge in [0.1, 0.15) is 0 Å². The second-order valence-electron chi connectivity index (χ2n) is 4.48. The molecule has 4 heteroatoms. The number of aryl methyl sites for hydroxylation is 1. The van der Waals surface area contributed by atoms with Crippen LogP contribution in [0.5, 0.6) is 0 Å². The molecular formula is C13H14BrN3. The van der Waals surface area contributed by atoms with Gasteiger partial charge in [-0.05, 0) is 24.6 Å². The van der Waals surface area contributed by atoms with E-state index >= 15 is 0 Å². The van der Waals surface area contributed by atoms with Crippen molar-refractivity contribution in [1.29, 1.82) is 0 Å². The van der Waals surface area contributed by atoms with Gasteiger partial charge in [-0.15, -0.1) is 0 Å². The average molecular weight is 292 g/mol. The Hall–Kier alpha value is -1.13. The third-order valence-electron chi connectivity index (χ3n) is 3.30. The van der Waals surface area contributed by atoms with Crippen molar-refractivity contribution in [3.8, 4) is 5.69 Å². The molecule has 0 unspecified atom stereocenters. The van der Waals surface area contributed by atoms with Crippen LogP contribution in [0.1, 0.15) is 17.2 Å². The Morgan fingerprint density at radius 3 is 2.88 bits per heavy atom. The SMILES string of the molecule is Cc1ccc(-n2cncc2C2CNC2)cc1Br. The van der Waals surface area contributed by atoms with E-state index in [1.54, 1.807) is 0 Å². The summed E-state index contributed by atoms with van der Waals surface area (Å²) in [7, 11) is 0. The smallest absolute Gasteiger partial charge is 0.0994 e. The molecule has 0 atom stereocenters. The number of nitrogens with one attached hydrogen (secondary N) is 1. The van der Waals surface area contributed by atoms with Gasteiger partial charge in [0.05, 0.1) is 6.33 Å². The van der Waals surface area contributed by atoms with Gasteiger partial charge in [-0.3, -0.25) is 0 Å². The van der Waals surface area contributed by atoms with Crippen LogP contribution in [0.4, 0.5) is 0 Å². The molecule has 2 aromatic rings. The van der Waals surface area contributed by atoms with Crippen LogP contribution in [-0.4, -0.2) is 22.6 Å². The third-order valence-corrected chi connectivity index (χ3v) is 4.15. The molecule has 0 aliphatic carbocycles. The molecule has 88 valence electrons. The van der Waals surface area contributed by atoms with E-state index in [0.29, 0.717) is 5.92 Å². The molecule has 0 spiro atoms. The Kier molecular flexibility index (Phi) is 2.76. The van der Waals surface area contributed by atoms with E-state index in [2.05, 4.69) is 55.9 Å². The third kappa shape index (κ3) is 1.91. The number of halogens is 1. The van der Waals surface area contributed by atoms with Gasteiger partial charge in [-0.25, -0.2) is 4.98 Å². The Labute approximate surface area is 109 Å². The summed E-state index contributed by atoms with van der Waals surface area (Å²) in [5.74, 6) is 0.595. The Bertz CT molecular complexity index is 543. The van der Waals surface area contributed by atoms with Crippen molar-refractivity contribution in [1.82, 2.24) is 14.9 Å². The van der Waals surface area contributed by atoms with Gasteiger partial charge in [-0.2, -0.15) is 0 Å². The van der Waals surface area contributed by atoms with Gasteiger partial charge >= 0.3 is 0 Å². The first-order valence-corrected chi connectivity index (χ1v) is 6.54. The number of benzene rings is 1. The van der Waals surface area contributed by atoms with Crippen LogP contribution in [0.15, 0.2) is 35.2 Å². The zero-order chi connectivity index (χ0) is 11.8. The van der Waals surface area contributed by atoms with E-state index in [1.165, 1.54) is 16.9 Å². The van der Waals surface area contributed by atoms with Crippen LogP contribution < -0.4 is 5.32 Å². The summed E-state index contributed by atoms with van der Waals surface area (Å²) in [6.07, 6.45) is 3.87. The lowest BCUT2D eigenvalue weighted by Crippen LogP contribution is -2.40. The maximum atomic E-state index is 4.27. The number of hydrogen-bond acceptors (Lipinski definition) is 2. The van der Waals surface area contributed by atoms with Gasteiger partial charge in [0, 0.05) is 41.1 Å². The molecule has 0 saturated carbocycles. The summed E-state index contributed by atoms with van der Waals surface area (Å²) in [6.45, 7) is 4.20. The molecule has 3 rings (SSSR count). The van der Waals surface area contributed by atoms with Gasteiger partial charge in [0.2, 0.25) is 0 Å². The van der Waals surface area contributed by atoms with Crippen LogP contribution >= 0.6 is 15.9 Å². The second-order valence-corrected chi connectivity index (χ2v) is 5.33. The monoisotopic (exact) mass is 291 g/mol. The minimum Gasteiger partial charge on any atom is -0.315 e. The highest BCUT2D eigenvalue weighted by Gasteiger charge is 2.22. The lowest BCUT2D eigenvalue weighted by atomic mass is 10.00. The van der Waals surface area contributed by atoms with Gasteiger partial charge in [0.25, 0.3) is 0 Å². The fraction of sp³-hybridized carbons (Fsp3) is 0.308. The quantitative estimate of drug-likeness (QED) is 0.922. The molecule has 1 aromatic carbocycles. The average Bonchev–Trinajstić information content (AvgIpc) is 2.68. The standard InChI is InChI=1S/C13H14BrN3/c1-9-2-3-11(4-12(9)14)17-8-16-7-13(17)10-5-15-6-10/h2-4,7-8,10,15H,5-6H2,1H3. The van der Waals surface area contributed by atoms with E-state index in [4.69, 9.17) is 0 Å². The van der Waals surface area contributed by atoms with Gasteiger partial charge < -0.3 is 9.88 Å². The molecule has 0 radical (unpaired) electrons. The van der Waals surface area contributed by atoms with Gasteiger partial charge in [-0.1, -0.05) is 22.0 Å². The lowest BCUT2D eigenvalue weighted by molar-refractivity contribution is 0.435. The van der Waals surface area contributed by atoms with Crippen molar-refractivity contribution < 1.29 is 0 Å². The molecule has 1 aliphatic rings. The number of imidazole rings is 1. The predicted octanol–water partition coefficient (Wildman–Crippen LogP) is 2.63. The van der Waals surface area contributed by atoms with Gasteiger partial charge in [0.15, 0.2) is 0 Å². The second kappa shape index (κ2) is 4.27. The molecule has 1 aliphatic heterocycles. The molecule has 3 nitrogen and oxygen atoms in total. The maximum absolute atomic E-state index is 4.27. The van der Waals surface area contributed by atoms with E-state index in [9.17, 15) is 0 Å². The first-order valence-electron chi connectivity index (χ1n) is 5.75. The summed E-state index contributed by atoms with van der Waals surface area (Å²) in [5, 5.41) is 3.30. The van der Waals surface area contributed by atoms with Crippen molar-refractivity contribution in [2.75, 3.05) is 13.1 Å². The summed E-state index contributed by atoms with van der Waals surface area (Å²) in [5.41, 5.74) is 3.71. The molecule has 0 bridgehead atoms. The summed E-state index contributed by atoms with van der Waals surface area (Å²) >= 11 is 3.58. The fourth-order valence-electron chi connectivity index (χ4n) is 2.05. The molecule has 1 N–H and O–H groups in total. The van der Waals surface area contributed by atoms with Crippen molar-refractivity contribution >= 4 is 15.9 Å². The fourth-order valence-corrected chi connectivity index (χ4v) is 2.42. The number of aromatic nitrogens is 2. The summed E-state index contributed by atoms with van der Waals surface area (Å²) < 4.78 is 3.32. The number of hydrogen-bond donors (Lipinski definition) is 1. The minimum atomic E-state index is 0.595. The van der Waals surface area contributed by atoms with Crippen LogP contribution in [0.25, 0.3) is 5.69 Å². The zero-order valence-electron chi connectivity index (χ0n) is 9.65. The number of nitrogens with zero attached hydrogens (tertiary/aromatic N) is 2. The van der Waals surface area contributed by atoms with E-state index in [1.807, 2.05) is 12.5 Å².